The van der Waals surface area contributed by atoms with Gasteiger partial charge in [-0.15, -0.1) is 0 Å². The van der Waals surface area contributed by atoms with Crippen LogP contribution in [0, 0.1) is 0 Å². The van der Waals surface area contributed by atoms with Crippen LogP contribution >= 0.6 is 11.6 Å². The molecule has 0 aliphatic carbocycles. The quantitative estimate of drug-likeness (QED) is 0.872. The Kier molecular flexibility index (Phi) is 5.22. The van der Waals surface area contributed by atoms with E-state index >= 15 is 0 Å². The van der Waals surface area contributed by atoms with Gasteiger partial charge >= 0.3 is 0 Å². The SMILES string of the molecule is CC(Cc1ccc(Cl)cc1)NCC1(O)CCOCC1. The molecule has 1 saturated heterocycles. The Morgan fingerprint density at radius 1 is 1.32 bits per heavy atom. The largest absolute Gasteiger partial charge is 0.388 e. The molecule has 0 bridgehead atoms. The molecular weight excluding hydrogens is 262 g/mol. The number of halogens is 1. The fourth-order valence-corrected chi connectivity index (χ4v) is 2.46. The predicted octanol–water partition coefficient (Wildman–Crippen LogP) is 2.40. The Labute approximate surface area is 119 Å². The predicted molar refractivity (Wildman–Crippen MR) is 77.6 cm³/mol. The normalized spacial score (nSPS) is 20.2. The first-order chi connectivity index (χ1) is 9.07. The van der Waals surface area contributed by atoms with Gasteiger partial charge in [-0.25, -0.2) is 0 Å². The van der Waals surface area contributed by atoms with E-state index in [1.54, 1.807) is 0 Å². The topological polar surface area (TPSA) is 41.5 Å². The average Bonchev–Trinajstić information content (AvgIpc) is 2.40. The number of ether oxygens (including phenoxy) is 1. The van der Waals surface area contributed by atoms with Gasteiger partial charge in [-0.2, -0.15) is 0 Å². The van der Waals surface area contributed by atoms with Crippen LogP contribution in [0.2, 0.25) is 5.02 Å². The van der Waals surface area contributed by atoms with Gasteiger partial charge < -0.3 is 15.2 Å². The number of nitrogens with one attached hydrogen (secondary N) is 1. The Bertz CT molecular complexity index is 388. The molecule has 1 unspecified atom stereocenters. The second-order valence-electron chi connectivity index (χ2n) is 5.45. The second-order valence-corrected chi connectivity index (χ2v) is 5.89. The number of hydrogen-bond acceptors (Lipinski definition) is 3. The van der Waals surface area contributed by atoms with Crippen molar-refractivity contribution in [2.24, 2.45) is 0 Å². The van der Waals surface area contributed by atoms with Gasteiger partial charge in [0, 0.05) is 43.7 Å². The first kappa shape index (κ1) is 14.8. The van der Waals surface area contributed by atoms with Crippen molar-refractivity contribution in [2.75, 3.05) is 19.8 Å². The van der Waals surface area contributed by atoms with Gasteiger partial charge in [0.2, 0.25) is 0 Å². The molecule has 0 spiro atoms. The Balaban J connectivity index is 1.77. The van der Waals surface area contributed by atoms with Crippen molar-refractivity contribution in [3.8, 4) is 0 Å². The molecule has 4 heteroatoms. The molecule has 0 amide bonds. The molecule has 1 aromatic carbocycles. The van der Waals surface area contributed by atoms with Crippen LogP contribution in [-0.2, 0) is 11.2 Å². The molecule has 1 aliphatic heterocycles. The third-order valence-corrected chi connectivity index (χ3v) is 3.91. The summed E-state index contributed by atoms with van der Waals surface area (Å²) < 4.78 is 5.28. The van der Waals surface area contributed by atoms with E-state index in [4.69, 9.17) is 16.3 Å². The lowest BCUT2D eigenvalue weighted by Crippen LogP contribution is -2.47. The molecule has 1 heterocycles. The van der Waals surface area contributed by atoms with Crippen molar-refractivity contribution in [3.05, 3.63) is 34.9 Å². The van der Waals surface area contributed by atoms with Gasteiger partial charge in [0.25, 0.3) is 0 Å². The maximum absolute atomic E-state index is 10.4. The molecule has 1 atom stereocenters. The van der Waals surface area contributed by atoms with Gasteiger partial charge in [-0.3, -0.25) is 0 Å². The number of rotatable bonds is 5. The minimum absolute atomic E-state index is 0.327. The summed E-state index contributed by atoms with van der Waals surface area (Å²) in [6.45, 7) is 4.08. The smallest absolute Gasteiger partial charge is 0.0815 e. The van der Waals surface area contributed by atoms with Crippen molar-refractivity contribution in [3.63, 3.8) is 0 Å². The molecular formula is C15H22ClNO2. The first-order valence-electron chi connectivity index (χ1n) is 6.85. The van der Waals surface area contributed by atoms with E-state index in [0.717, 1.165) is 11.4 Å². The van der Waals surface area contributed by atoms with Crippen LogP contribution < -0.4 is 5.32 Å². The second kappa shape index (κ2) is 6.71. The van der Waals surface area contributed by atoms with Crippen LogP contribution in [0.15, 0.2) is 24.3 Å². The maximum Gasteiger partial charge on any atom is 0.0815 e. The zero-order chi connectivity index (χ0) is 13.7. The van der Waals surface area contributed by atoms with E-state index in [1.165, 1.54) is 5.56 Å². The van der Waals surface area contributed by atoms with Gasteiger partial charge in [0.1, 0.15) is 0 Å². The maximum atomic E-state index is 10.4. The highest BCUT2D eigenvalue weighted by atomic mass is 35.5. The molecule has 1 aromatic rings. The van der Waals surface area contributed by atoms with Crippen LogP contribution in [0.4, 0.5) is 0 Å². The van der Waals surface area contributed by atoms with Gasteiger partial charge in [-0.05, 0) is 31.0 Å². The number of hydrogen-bond donors (Lipinski definition) is 2. The lowest BCUT2D eigenvalue weighted by Gasteiger charge is -2.33. The monoisotopic (exact) mass is 283 g/mol. The van der Waals surface area contributed by atoms with Crippen LogP contribution in [-0.4, -0.2) is 36.5 Å². The van der Waals surface area contributed by atoms with E-state index in [2.05, 4.69) is 12.2 Å². The number of aliphatic hydroxyl groups is 1. The summed E-state index contributed by atoms with van der Waals surface area (Å²) in [4.78, 5) is 0. The van der Waals surface area contributed by atoms with E-state index in [0.29, 0.717) is 38.6 Å². The Morgan fingerprint density at radius 2 is 1.95 bits per heavy atom. The molecule has 1 fully saturated rings. The van der Waals surface area contributed by atoms with Crippen molar-refractivity contribution in [2.45, 2.75) is 37.8 Å². The minimum Gasteiger partial charge on any atom is -0.388 e. The molecule has 106 valence electrons. The third-order valence-electron chi connectivity index (χ3n) is 3.66. The van der Waals surface area contributed by atoms with Crippen molar-refractivity contribution < 1.29 is 9.84 Å². The average molecular weight is 284 g/mol. The summed E-state index contributed by atoms with van der Waals surface area (Å²) in [5.74, 6) is 0. The third kappa shape index (κ3) is 4.77. The lowest BCUT2D eigenvalue weighted by molar-refractivity contribution is -0.0625. The highest BCUT2D eigenvalue weighted by Gasteiger charge is 2.29. The summed E-state index contributed by atoms with van der Waals surface area (Å²) in [6.07, 6.45) is 2.37. The molecule has 0 aromatic heterocycles. The standard InChI is InChI=1S/C15H22ClNO2/c1-12(10-13-2-4-14(16)5-3-13)17-11-15(18)6-8-19-9-7-15/h2-5,12,17-18H,6-11H2,1H3. The van der Waals surface area contributed by atoms with Crippen LogP contribution in [0.3, 0.4) is 0 Å². The molecule has 0 saturated carbocycles. The zero-order valence-corrected chi connectivity index (χ0v) is 12.1. The number of benzene rings is 1. The molecule has 2 N–H and O–H groups in total. The molecule has 3 nitrogen and oxygen atoms in total. The summed E-state index contributed by atoms with van der Waals surface area (Å²) in [7, 11) is 0. The summed E-state index contributed by atoms with van der Waals surface area (Å²) in [5, 5.41) is 14.5. The van der Waals surface area contributed by atoms with Crippen LogP contribution in [0.5, 0.6) is 0 Å². The van der Waals surface area contributed by atoms with Gasteiger partial charge in [0.05, 0.1) is 5.60 Å². The fourth-order valence-electron chi connectivity index (χ4n) is 2.34. The van der Waals surface area contributed by atoms with Crippen molar-refractivity contribution in [1.29, 1.82) is 0 Å². The summed E-state index contributed by atoms with van der Waals surface area (Å²) in [5.41, 5.74) is 0.648. The zero-order valence-electron chi connectivity index (χ0n) is 11.4. The minimum atomic E-state index is -0.605. The summed E-state index contributed by atoms with van der Waals surface area (Å²) >= 11 is 5.87. The lowest BCUT2D eigenvalue weighted by atomic mass is 9.94. The van der Waals surface area contributed by atoms with Gasteiger partial charge in [-0.1, -0.05) is 23.7 Å². The van der Waals surface area contributed by atoms with Crippen molar-refractivity contribution in [1.82, 2.24) is 5.32 Å². The van der Waals surface area contributed by atoms with Crippen LogP contribution in [0.25, 0.3) is 0 Å². The first-order valence-corrected chi connectivity index (χ1v) is 7.23. The van der Waals surface area contributed by atoms with E-state index in [-0.39, 0.29) is 0 Å². The van der Waals surface area contributed by atoms with Crippen LogP contribution in [0.1, 0.15) is 25.3 Å². The molecule has 1 aliphatic rings. The molecule has 2 rings (SSSR count). The summed E-state index contributed by atoms with van der Waals surface area (Å²) in [6, 6.07) is 8.24. The molecule has 0 radical (unpaired) electrons. The van der Waals surface area contributed by atoms with E-state index < -0.39 is 5.60 Å². The fraction of sp³-hybridized carbons (Fsp3) is 0.600. The Morgan fingerprint density at radius 3 is 2.58 bits per heavy atom. The van der Waals surface area contributed by atoms with Crippen molar-refractivity contribution >= 4 is 11.6 Å². The highest BCUT2D eigenvalue weighted by Crippen LogP contribution is 2.19. The molecule has 19 heavy (non-hydrogen) atoms. The Hall–Kier alpha value is -0.610. The van der Waals surface area contributed by atoms with E-state index in [1.807, 2.05) is 24.3 Å². The van der Waals surface area contributed by atoms with Gasteiger partial charge in [0.15, 0.2) is 0 Å². The van der Waals surface area contributed by atoms with E-state index in [9.17, 15) is 5.11 Å². The highest BCUT2D eigenvalue weighted by molar-refractivity contribution is 6.30.